The zero-order chi connectivity index (χ0) is 20.1. The molecule has 0 saturated heterocycles. The van der Waals surface area contributed by atoms with Crippen LogP contribution < -0.4 is 10.6 Å². The summed E-state index contributed by atoms with van der Waals surface area (Å²) in [7, 11) is 0. The average Bonchev–Trinajstić information content (AvgIpc) is 2.94. The first-order chi connectivity index (χ1) is 13.5. The van der Waals surface area contributed by atoms with Crippen LogP contribution in [0.25, 0.3) is 0 Å². The van der Waals surface area contributed by atoms with E-state index >= 15 is 0 Å². The van der Waals surface area contributed by atoms with Gasteiger partial charge in [-0.25, -0.2) is 0 Å². The lowest BCUT2D eigenvalue weighted by molar-refractivity contribution is -0.121. The lowest BCUT2D eigenvalue weighted by atomic mass is 10.1. The number of halogens is 1. The molecule has 1 heterocycles. The van der Waals surface area contributed by atoms with Gasteiger partial charge in [0.2, 0.25) is 5.91 Å². The first kappa shape index (κ1) is 19.8. The minimum atomic E-state index is -0.379. The summed E-state index contributed by atoms with van der Waals surface area (Å²) in [6, 6.07) is 13.5. The van der Waals surface area contributed by atoms with Crippen molar-refractivity contribution in [1.82, 2.24) is 15.5 Å². The molecular weight excluding hydrogens is 426 g/mol. The van der Waals surface area contributed by atoms with Crippen LogP contribution in [-0.4, -0.2) is 48.2 Å². The van der Waals surface area contributed by atoms with Crippen LogP contribution in [0.3, 0.4) is 0 Å². The molecule has 0 spiro atoms. The van der Waals surface area contributed by atoms with Crippen LogP contribution in [-0.2, 0) is 4.79 Å². The van der Waals surface area contributed by atoms with Crippen molar-refractivity contribution in [3.8, 4) is 0 Å². The first-order valence-electron chi connectivity index (χ1n) is 8.73. The second kappa shape index (κ2) is 8.79. The van der Waals surface area contributed by atoms with Gasteiger partial charge in [-0.15, -0.1) is 0 Å². The van der Waals surface area contributed by atoms with Gasteiger partial charge in [0.05, 0.1) is 11.1 Å². The topological polar surface area (TPSA) is 95.6 Å². The smallest absolute Gasteiger partial charge is 0.261 e. The fourth-order valence-electron chi connectivity index (χ4n) is 2.83. The molecule has 0 saturated carbocycles. The standard InChI is InChI=1S/C20H18BrN3O4/c21-14-7-5-13(6-8-14)18(26)23-11-10-22-17(25)9-12-24-19(27)15-3-1-2-4-16(15)20(24)28/h1-8H,9-12H2,(H,22,25)(H,23,26). The fraction of sp³-hybridized carbons (Fsp3) is 0.200. The first-order valence-corrected chi connectivity index (χ1v) is 9.52. The Bertz CT molecular complexity index is 892. The molecule has 0 unspecified atom stereocenters. The molecule has 2 aromatic rings. The number of nitrogens with zero attached hydrogens (tertiary/aromatic N) is 1. The normalized spacial score (nSPS) is 12.7. The van der Waals surface area contributed by atoms with E-state index in [4.69, 9.17) is 0 Å². The van der Waals surface area contributed by atoms with E-state index in [0.717, 1.165) is 9.37 Å². The summed E-state index contributed by atoms with van der Waals surface area (Å²) in [5, 5.41) is 5.37. The van der Waals surface area contributed by atoms with Crippen LogP contribution in [0, 0.1) is 0 Å². The van der Waals surface area contributed by atoms with E-state index in [1.165, 1.54) is 0 Å². The van der Waals surface area contributed by atoms with Crippen molar-refractivity contribution < 1.29 is 19.2 Å². The Labute approximate surface area is 170 Å². The predicted octanol–water partition coefficient (Wildman–Crippen LogP) is 1.98. The van der Waals surface area contributed by atoms with E-state index in [1.54, 1.807) is 48.5 Å². The number of carbonyl (C=O) groups excluding carboxylic acids is 4. The Morgan fingerprint density at radius 1 is 0.857 bits per heavy atom. The maximum absolute atomic E-state index is 12.2. The van der Waals surface area contributed by atoms with Crippen molar-refractivity contribution in [3.05, 3.63) is 69.7 Å². The molecule has 0 bridgehead atoms. The summed E-state index contributed by atoms with van der Waals surface area (Å²) in [6.07, 6.45) is 0.00608. The lowest BCUT2D eigenvalue weighted by Gasteiger charge is -2.13. The minimum absolute atomic E-state index is 0.00608. The van der Waals surface area contributed by atoms with E-state index in [0.29, 0.717) is 16.7 Å². The third kappa shape index (κ3) is 4.45. The molecule has 2 N–H and O–H groups in total. The Morgan fingerprint density at radius 2 is 1.43 bits per heavy atom. The third-order valence-corrected chi connectivity index (χ3v) is 4.81. The molecule has 1 aliphatic heterocycles. The van der Waals surface area contributed by atoms with Crippen LogP contribution >= 0.6 is 15.9 Å². The second-order valence-electron chi connectivity index (χ2n) is 6.17. The molecule has 0 aromatic heterocycles. The van der Waals surface area contributed by atoms with E-state index in [1.807, 2.05) is 0 Å². The number of amides is 4. The fourth-order valence-corrected chi connectivity index (χ4v) is 3.09. The zero-order valence-corrected chi connectivity index (χ0v) is 16.5. The Hall–Kier alpha value is -3.00. The molecule has 0 radical (unpaired) electrons. The van der Waals surface area contributed by atoms with Crippen LogP contribution in [0.4, 0.5) is 0 Å². The van der Waals surface area contributed by atoms with Crippen molar-refractivity contribution in [1.29, 1.82) is 0 Å². The molecule has 144 valence electrons. The minimum Gasteiger partial charge on any atom is -0.354 e. The summed E-state index contributed by atoms with van der Waals surface area (Å²) in [4.78, 5) is 49.5. The zero-order valence-electron chi connectivity index (χ0n) is 14.9. The van der Waals surface area contributed by atoms with Crippen LogP contribution in [0.5, 0.6) is 0 Å². The molecule has 0 atom stereocenters. The van der Waals surface area contributed by atoms with Gasteiger partial charge < -0.3 is 10.6 Å². The monoisotopic (exact) mass is 443 g/mol. The molecule has 4 amide bonds. The van der Waals surface area contributed by atoms with Crippen LogP contribution in [0.1, 0.15) is 37.5 Å². The highest BCUT2D eigenvalue weighted by Crippen LogP contribution is 2.22. The van der Waals surface area contributed by atoms with Gasteiger partial charge in [0.1, 0.15) is 0 Å². The van der Waals surface area contributed by atoms with E-state index < -0.39 is 0 Å². The van der Waals surface area contributed by atoms with Gasteiger partial charge in [-0.05, 0) is 36.4 Å². The number of hydrogen-bond acceptors (Lipinski definition) is 4. The van der Waals surface area contributed by atoms with E-state index in [9.17, 15) is 19.2 Å². The van der Waals surface area contributed by atoms with Gasteiger partial charge in [0, 0.05) is 36.1 Å². The molecule has 2 aromatic carbocycles. The highest BCUT2D eigenvalue weighted by atomic mass is 79.9. The van der Waals surface area contributed by atoms with Gasteiger partial charge in [-0.3, -0.25) is 24.1 Å². The van der Waals surface area contributed by atoms with Crippen molar-refractivity contribution in [3.63, 3.8) is 0 Å². The largest absolute Gasteiger partial charge is 0.354 e. The molecule has 0 fully saturated rings. The maximum atomic E-state index is 12.2. The summed E-state index contributed by atoms with van der Waals surface area (Å²) < 4.78 is 0.884. The number of fused-ring (bicyclic) bond motifs is 1. The summed E-state index contributed by atoms with van der Waals surface area (Å²) in [6.45, 7) is 0.542. The Balaban J connectivity index is 1.38. The molecule has 7 nitrogen and oxygen atoms in total. The molecule has 3 rings (SSSR count). The number of hydrogen-bond donors (Lipinski definition) is 2. The molecule has 8 heteroatoms. The van der Waals surface area contributed by atoms with E-state index in [2.05, 4.69) is 26.6 Å². The lowest BCUT2D eigenvalue weighted by Crippen LogP contribution is -2.37. The molecule has 1 aliphatic rings. The number of nitrogens with one attached hydrogen (secondary N) is 2. The Morgan fingerprint density at radius 3 is 2.04 bits per heavy atom. The third-order valence-electron chi connectivity index (χ3n) is 4.28. The number of rotatable bonds is 7. The van der Waals surface area contributed by atoms with Gasteiger partial charge >= 0.3 is 0 Å². The van der Waals surface area contributed by atoms with Gasteiger partial charge in [-0.2, -0.15) is 0 Å². The second-order valence-corrected chi connectivity index (χ2v) is 7.09. The molecular formula is C20H18BrN3O4. The summed E-state index contributed by atoms with van der Waals surface area (Å²) in [5.74, 6) is -1.28. The number of carbonyl (C=O) groups is 4. The average molecular weight is 444 g/mol. The van der Waals surface area contributed by atoms with Gasteiger partial charge in [-0.1, -0.05) is 28.1 Å². The van der Waals surface area contributed by atoms with Crippen LogP contribution in [0.2, 0.25) is 0 Å². The summed E-state index contributed by atoms with van der Waals surface area (Å²) >= 11 is 3.30. The highest BCUT2D eigenvalue weighted by Gasteiger charge is 2.34. The van der Waals surface area contributed by atoms with E-state index in [-0.39, 0.29) is 49.7 Å². The molecule has 0 aliphatic carbocycles. The SMILES string of the molecule is O=C(CCN1C(=O)c2ccccc2C1=O)NCCNC(=O)c1ccc(Br)cc1. The van der Waals surface area contributed by atoms with Crippen molar-refractivity contribution >= 4 is 39.6 Å². The van der Waals surface area contributed by atoms with Crippen molar-refractivity contribution in [2.24, 2.45) is 0 Å². The number of imide groups is 1. The maximum Gasteiger partial charge on any atom is 0.261 e. The highest BCUT2D eigenvalue weighted by molar-refractivity contribution is 9.10. The Kier molecular flexibility index (Phi) is 6.20. The van der Waals surface area contributed by atoms with Crippen molar-refractivity contribution in [2.75, 3.05) is 19.6 Å². The predicted molar refractivity (Wildman–Crippen MR) is 106 cm³/mol. The van der Waals surface area contributed by atoms with Gasteiger partial charge in [0.15, 0.2) is 0 Å². The molecule has 28 heavy (non-hydrogen) atoms. The van der Waals surface area contributed by atoms with Crippen molar-refractivity contribution in [2.45, 2.75) is 6.42 Å². The van der Waals surface area contributed by atoms with Gasteiger partial charge in [0.25, 0.3) is 17.7 Å². The number of benzene rings is 2. The summed E-state index contributed by atoms with van der Waals surface area (Å²) in [5.41, 5.74) is 1.26. The van der Waals surface area contributed by atoms with Crippen LogP contribution in [0.15, 0.2) is 53.0 Å². The quantitative estimate of drug-likeness (QED) is 0.505.